The van der Waals surface area contributed by atoms with Crippen LogP contribution in [0.25, 0.3) is 0 Å². The number of amides is 2. The van der Waals surface area contributed by atoms with Crippen molar-refractivity contribution in [1.29, 1.82) is 0 Å². The number of urea groups is 1. The fraction of sp³-hybridized carbons (Fsp3) is 0.500. The molecule has 0 bridgehead atoms. The van der Waals surface area contributed by atoms with E-state index in [4.69, 9.17) is 10.5 Å². The van der Waals surface area contributed by atoms with Gasteiger partial charge in [0.15, 0.2) is 0 Å². The lowest BCUT2D eigenvalue weighted by atomic mass is 10.1. The summed E-state index contributed by atoms with van der Waals surface area (Å²) in [7, 11) is 0. The number of carbonyl (C=O) groups excluding carboxylic acids is 2. The molecule has 116 valence electrons. The second kappa shape index (κ2) is 9.00. The van der Waals surface area contributed by atoms with Gasteiger partial charge < -0.3 is 15.8 Å². The van der Waals surface area contributed by atoms with Crippen molar-refractivity contribution < 1.29 is 14.3 Å². The Balaban J connectivity index is 2.16. The Morgan fingerprint density at radius 2 is 1.95 bits per heavy atom. The van der Waals surface area contributed by atoms with E-state index in [1.807, 2.05) is 32.0 Å². The highest BCUT2D eigenvalue weighted by molar-refractivity contribution is 5.71. The predicted octanol–water partition coefficient (Wildman–Crippen LogP) is 2.58. The Morgan fingerprint density at radius 1 is 1.19 bits per heavy atom. The summed E-state index contributed by atoms with van der Waals surface area (Å²) in [5.74, 6) is -0.182. The van der Waals surface area contributed by atoms with Gasteiger partial charge in [-0.2, -0.15) is 0 Å². The van der Waals surface area contributed by atoms with Gasteiger partial charge in [0.1, 0.15) is 6.61 Å². The smallest absolute Gasteiger partial charge is 0.312 e. The van der Waals surface area contributed by atoms with Gasteiger partial charge in [-0.05, 0) is 37.8 Å². The molecule has 3 N–H and O–H groups in total. The van der Waals surface area contributed by atoms with E-state index in [2.05, 4.69) is 5.32 Å². The van der Waals surface area contributed by atoms with E-state index in [1.165, 1.54) is 0 Å². The molecule has 0 heterocycles. The number of hydrogen-bond acceptors (Lipinski definition) is 3. The molecule has 0 spiro atoms. The van der Waals surface area contributed by atoms with Gasteiger partial charge in [-0.3, -0.25) is 4.79 Å². The number of esters is 1. The van der Waals surface area contributed by atoms with E-state index < -0.39 is 6.03 Å². The van der Waals surface area contributed by atoms with Crippen LogP contribution in [-0.2, 0) is 16.1 Å². The first-order chi connectivity index (χ1) is 9.99. The average Bonchev–Trinajstić information content (AvgIpc) is 2.43. The first-order valence-electron chi connectivity index (χ1n) is 7.24. The lowest BCUT2D eigenvalue weighted by Crippen LogP contribution is -2.29. The SMILES string of the molecule is Cc1ccc(C)c(COC(=O)CCCCCNC(N)=O)c1. The molecular weight excluding hydrogens is 268 g/mol. The second-order valence-electron chi connectivity index (χ2n) is 5.19. The molecular formula is C16H24N2O3. The monoisotopic (exact) mass is 292 g/mol. The summed E-state index contributed by atoms with van der Waals surface area (Å²) in [6.07, 6.45) is 2.83. The maximum Gasteiger partial charge on any atom is 0.312 e. The Labute approximate surface area is 125 Å². The number of aryl methyl sites for hydroxylation is 2. The van der Waals surface area contributed by atoms with Crippen molar-refractivity contribution >= 4 is 12.0 Å². The highest BCUT2D eigenvalue weighted by Gasteiger charge is 2.05. The van der Waals surface area contributed by atoms with Crippen LogP contribution in [0, 0.1) is 13.8 Å². The van der Waals surface area contributed by atoms with Crippen molar-refractivity contribution in [3.05, 3.63) is 34.9 Å². The second-order valence-corrected chi connectivity index (χ2v) is 5.19. The highest BCUT2D eigenvalue weighted by Crippen LogP contribution is 2.12. The zero-order chi connectivity index (χ0) is 15.7. The fourth-order valence-corrected chi connectivity index (χ4v) is 1.97. The van der Waals surface area contributed by atoms with Crippen molar-refractivity contribution in [2.75, 3.05) is 6.54 Å². The van der Waals surface area contributed by atoms with Gasteiger partial charge in [-0.15, -0.1) is 0 Å². The fourth-order valence-electron chi connectivity index (χ4n) is 1.97. The lowest BCUT2D eigenvalue weighted by Gasteiger charge is -2.08. The van der Waals surface area contributed by atoms with E-state index in [0.717, 1.165) is 36.0 Å². The molecule has 2 amide bonds. The molecule has 0 fully saturated rings. The average molecular weight is 292 g/mol. The molecule has 5 heteroatoms. The van der Waals surface area contributed by atoms with Crippen LogP contribution in [0.5, 0.6) is 0 Å². The topological polar surface area (TPSA) is 81.4 Å². The van der Waals surface area contributed by atoms with Gasteiger partial charge in [-0.25, -0.2) is 4.79 Å². The third kappa shape index (κ3) is 7.34. The number of ether oxygens (including phenoxy) is 1. The molecule has 5 nitrogen and oxygen atoms in total. The van der Waals surface area contributed by atoms with Gasteiger partial charge >= 0.3 is 12.0 Å². The van der Waals surface area contributed by atoms with Gasteiger partial charge in [-0.1, -0.05) is 30.2 Å². The molecule has 0 saturated heterocycles. The molecule has 1 aromatic carbocycles. The zero-order valence-corrected chi connectivity index (χ0v) is 12.8. The Kier molecular flexibility index (Phi) is 7.29. The van der Waals surface area contributed by atoms with Crippen LogP contribution in [0.2, 0.25) is 0 Å². The number of primary amides is 1. The number of nitrogens with one attached hydrogen (secondary N) is 1. The first-order valence-corrected chi connectivity index (χ1v) is 7.24. The molecule has 0 radical (unpaired) electrons. The summed E-state index contributed by atoms with van der Waals surface area (Å²) in [5.41, 5.74) is 8.29. The minimum Gasteiger partial charge on any atom is -0.461 e. The molecule has 0 aliphatic heterocycles. The Morgan fingerprint density at radius 3 is 2.67 bits per heavy atom. The van der Waals surface area contributed by atoms with Gasteiger partial charge in [0.25, 0.3) is 0 Å². The van der Waals surface area contributed by atoms with Crippen LogP contribution in [-0.4, -0.2) is 18.5 Å². The van der Waals surface area contributed by atoms with Gasteiger partial charge in [0.2, 0.25) is 0 Å². The number of carbonyl (C=O) groups is 2. The lowest BCUT2D eigenvalue weighted by molar-refractivity contribution is -0.145. The van der Waals surface area contributed by atoms with Crippen LogP contribution in [0.3, 0.4) is 0 Å². The molecule has 0 atom stereocenters. The third-order valence-corrected chi connectivity index (χ3v) is 3.25. The summed E-state index contributed by atoms with van der Waals surface area (Å²) >= 11 is 0. The van der Waals surface area contributed by atoms with Crippen LogP contribution in [0.1, 0.15) is 42.4 Å². The summed E-state index contributed by atoms with van der Waals surface area (Å²) in [6, 6.07) is 5.60. The molecule has 0 unspecified atom stereocenters. The summed E-state index contributed by atoms with van der Waals surface area (Å²) in [4.78, 5) is 22.1. The number of nitrogens with two attached hydrogens (primary N) is 1. The number of unbranched alkanes of at least 4 members (excludes halogenated alkanes) is 2. The maximum atomic E-state index is 11.6. The zero-order valence-electron chi connectivity index (χ0n) is 12.8. The van der Waals surface area contributed by atoms with E-state index >= 15 is 0 Å². The maximum absolute atomic E-state index is 11.6. The van der Waals surface area contributed by atoms with Gasteiger partial charge in [0, 0.05) is 13.0 Å². The number of benzene rings is 1. The third-order valence-electron chi connectivity index (χ3n) is 3.25. The Hall–Kier alpha value is -2.04. The minimum atomic E-state index is -0.511. The van der Waals surface area contributed by atoms with Crippen molar-refractivity contribution in [3.63, 3.8) is 0 Å². The van der Waals surface area contributed by atoms with Crippen LogP contribution >= 0.6 is 0 Å². The summed E-state index contributed by atoms with van der Waals surface area (Å²) < 4.78 is 5.28. The van der Waals surface area contributed by atoms with E-state index in [9.17, 15) is 9.59 Å². The first kappa shape index (κ1) is 17.0. The van der Waals surface area contributed by atoms with E-state index in [1.54, 1.807) is 0 Å². The normalized spacial score (nSPS) is 10.2. The quantitative estimate of drug-likeness (QED) is 0.570. The van der Waals surface area contributed by atoms with Crippen molar-refractivity contribution in [1.82, 2.24) is 5.32 Å². The molecule has 21 heavy (non-hydrogen) atoms. The molecule has 0 aromatic heterocycles. The highest BCUT2D eigenvalue weighted by atomic mass is 16.5. The summed E-state index contributed by atoms with van der Waals surface area (Å²) in [6.45, 7) is 4.90. The number of rotatable bonds is 8. The molecule has 1 aromatic rings. The molecule has 0 saturated carbocycles. The van der Waals surface area contributed by atoms with Crippen molar-refractivity contribution in [3.8, 4) is 0 Å². The Bertz CT molecular complexity index is 486. The predicted molar refractivity (Wildman–Crippen MR) is 81.8 cm³/mol. The molecule has 0 aliphatic carbocycles. The van der Waals surface area contributed by atoms with Crippen LogP contribution < -0.4 is 11.1 Å². The standard InChI is InChI=1S/C16H24N2O3/c1-12-7-8-13(2)14(10-12)11-21-15(19)6-4-3-5-9-18-16(17)20/h7-8,10H,3-6,9,11H2,1-2H3,(H3,17,18,20). The van der Waals surface area contributed by atoms with Crippen LogP contribution in [0.4, 0.5) is 4.79 Å². The molecule has 1 rings (SSSR count). The van der Waals surface area contributed by atoms with Crippen LogP contribution in [0.15, 0.2) is 18.2 Å². The summed E-state index contributed by atoms with van der Waals surface area (Å²) in [5, 5.41) is 2.51. The largest absolute Gasteiger partial charge is 0.461 e. The van der Waals surface area contributed by atoms with E-state index in [-0.39, 0.29) is 5.97 Å². The number of hydrogen-bond donors (Lipinski definition) is 2. The van der Waals surface area contributed by atoms with Crippen molar-refractivity contribution in [2.45, 2.75) is 46.1 Å². The van der Waals surface area contributed by atoms with E-state index in [0.29, 0.717) is 19.6 Å². The van der Waals surface area contributed by atoms with Gasteiger partial charge in [0.05, 0.1) is 0 Å². The molecule has 0 aliphatic rings. The van der Waals surface area contributed by atoms with Crippen molar-refractivity contribution in [2.24, 2.45) is 5.73 Å². The minimum absolute atomic E-state index is 0.182.